The molecular weight excluding hydrogens is 288 g/mol. The van der Waals surface area contributed by atoms with E-state index in [9.17, 15) is 4.79 Å². The lowest BCUT2D eigenvalue weighted by molar-refractivity contribution is -0.683. The van der Waals surface area contributed by atoms with Gasteiger partial charge in [-0.15, -0.1) is 0 Å². The van der Waals surface area contributed by atoms with E-state index in [0.29, 0.717) is 6.61 Å². The number of anilines is 1. The summed E-state index contributed by atoms with van der Waals surface area (Å²) < 4.78 is 5.10. The number of nitrogens with two attached hydrogens (primary N) is 1. The lowest BCUT2D eigenvalue weighted by Gasteiger charge is -2.17. The molecule has 0 aliphatic carbocycles. The molecule has 0 unspecified atom stereocenters. The topological polar surface area (TPSA) is 54.9 Å². The summed E-state index contributed by atoms with van der Waals surface area (Å²) in [5.74, 6) is -0.0130. The molecule has 2 rings (SSSR count). The third kappa shape index (κ3) is 4.91. The highest BCUT2D eigenvalue weighted by atomic mass is 16.5. The molecule has 1 atom stereocenters. The zero-order chi connectivity index (χ0) is 16.7. The molecule has 0 spiro atoms. The summed E-state index contributed by atoms with van der Waals surface area (Å²) in [5, 5.41) is 5.08. The third-order valence-corrected chi connectivity index (χ3v) is 3.82. The Morgan fingerprint density at radius 1 is 1.17 bits per heavy atom. The fourth-order valence-electron chi connectivity index (χ4n) is 2.49. The van der Waals surface area contributed by atoms with Gasteiger partial charge in [0.1, 0.15) is 6.54 Å². The quantitative estimate of drug-likeness (QED) is 0.770. The Morgan fingerprint density at radius 3 is 2.61 bits per heavy atom. The van der Waals surface area contributed by atoms with Gasteiger partial charge >= 0.3 is 0 Å². The minimum Gasteiger partial charge on any atom is -0.379 e. The molecule has 23 heavy (non-hydrogen) atoms. The number of ether oxygens (including phenoxy) is 1. The van der Waals surface area contributed by atoms with Crippen molar-refractivity contribution in [2.24, 2.45) is 0 Å². The average Bonchev–Trinajstić information content (AvgIpc) is 2.56. The largest absolute Gasteiger partial charge is 0.379 e. The molecular formula is C19H25N2O2+. The van der Waals surface area contributed by atoms with Crippen LogP contribution in [0.5, 0.6) is 0 Å². The summed E-state index contributed by atoms with van der Waals surface area (Å²) in [7, 11) is 1.67. The molecule has 0 bridgehead atoms. The molecule has 0 radical (unpaired) electrons. The number of hydrogen-bond acceptors (Lipinski definition) is 2. The van der Waals surface area contributed by atoms with Crippen LogP contribution in [0, 0.1) is 13.8 Å². The van der Waals surface area contributed by atoms with Crippen LogP contribution < -0.4 is 10.6 Å². The van der Waals surface area contributed by atoms with E-state index in [-0.39, 0.29) is 11.9 Å². The second kappa shape index (κ2) is 8.46. The van der Waals surface area contributed by atoms with Gasteiger partial charge in [0.2, 0.25) is 0 Å². The number of carbonyl (C=O) groups is 1. The molecule has 4 heteroatoms. The maximum Gasteiger partial charge on any atom is 0.287 e. The van der Waals surface area contributed by atoms with Crippen LogP contribution in [0.4, 0.5) is 5.69 Å². The third-order valence-electron chi connectivity index (χ3n) is 3.82. The number of rotatable bonds is 7. The predicted molar refractivity (Wildman–Crippen MR) is 92.4 cm³/mol. The molecule has 4 nitrogen and oxygen atoms in total. The molecule has 2 aromatic rings. The average molecular weight is 313 g/mol. The number of methoxy groups -OCH3 is 1. The summed E-state index contributed by atoms with van der Waals surface area (Å²) in [6.07, 6.45) is 0. The van der Waals surface area contributed by atoms with Crippen LogP contribution in [0.3, 0.4) is 0 Å². The van der Waals surface area contributed by atoms with Crippen molar-refractivity contribution >= 4 is 11.6 Å². The number of carbonyl (C=O) groups excluding carboxylic acids is 1. The molecule has 0 aliphatic rings. The smallest absolute Gasteiger partial charge is 0.287 e. The van der Waals surface area contributed by atoms with Gasteiger partial charge in [0.25, 0.3) is 5.91 Å². The van der Waals surface area contributed by atoms with Crippen LogP contribution in [-0.2, 0) is 9.53 Å². The molecule has 0 heterocycles. The Bertz CT molecular complexity index is 641. The molecule has 1 amide bonds. The van der Waals surface area contributed by atoms with Crippen molar-refractivity contribution in [2.45, 2.75) is 19.9 Å². The van der Waals surface area contributed by atoms with E-state index < -0.39 is 0 Å². The van der Waals surface area contributed by atoms with Gasteiger partial charge in [0.05, 0.1) is 6.61 Å². The van der Waals surface area contributed by atoms with E-state index >= 15 is 0 Å². The van der Waals surface area contributed by atoms with Crippen molar-refractivity contribution in [1.82, 2.24) is 0 Å². The zero-order valence-electron chi connectivity index (χ0n) is 14.0. The Kier molecular flexibility index (Phi) is 6.32. The number of nitrogens with one attached hydrogen (secondary N) is 1. The van der Waals surface area contributed by atoms with Crippen LogP contribution in [-0.4, -0.2) is 26.2 Å². The summed E-state index contributed by atoms with van der Waals surface area (Å²) >= 11 is 0. The maximum absolute atomic E-state index is 12.8. The summed E-state index contributed by atoms with van der Waals surface area (Å²) in [6, 6.07) is 15.6. The van der Waals surface area contributed by atoms with Crippen molar-refractivity contribution in [1.29, 1.82) is 0 Å². The van der Waals surface area contributed by atoms with E-state index in [1.54, 1.807) is 7.11 Å². The lowest BCUT2D eigenvalue weighted by atomic mass is 10.1. The monoisotopic (exact) mass is 313 g/mol. The van der Waals surface area contributed by atoms with Gasteiger partial charge in [-0.2, -0.15) is 0 Å². The summed E-state index contributed by atoms with van der Waals surface area (Å²) in [5.41, 5.74) is 4.06. The normalized spacial score (nSPS) is 12.0. The number of amides is 1. The molecule has 0 saturated carbocycles. The highest BCUT2D eigenvalue weighted by Crippen LogP contribution is 2.18. The highest BCUT2D eigenvalue weighted by Gasteiger charge is 2.24. The molecule has 0 fully saturated rings. The molecule has 3 N–H and O–H groups in total. The first-order valence-corrected chi connectivity index (χ1v) is 7.87. The van der Waals surface area contributed by atoms with Gasteiger partial charge in [0, 0.05) is 18.4 Å². The number of benzene rings is 2. The van der Waals surface area contributed by atoms with Crippen LogP contribution in [0.25, 0.3) is 0 Å². The second-order valence-electron chi connectivity index (χ2n) is 5.71. The fraction of sp³-hybridized carbons (Fsp3) is 0.316. The van der Waals surface area contributed by atoms with E-state index in [2.05, 4.69) is 5.32 Å². The molecule has 122 valence electrons. The minimum atomic E-state index is -0.286. The van der Waals surface area contributed by atoms with E-state index in [1.165, 1.54) is 0 Å². The highest BCUT2D eigenvalue weighted by molar-refractivity contribution is 5.95. The van der Waals surface area contributed by atoms with Crippen molar-refractivity contribution in [2.75, 3.05) is 25.6 Å². The van der Waals surface area contributed by atoms with Crippen LogP contribution in [0.2, 0.25) is 0 Å². The Morgan fingerprint density at radius 2 is 1.91 bits per heavy atom. The number of quaternary nitrogens is 1. The zero-order valence-corrected chi connectivity index (χ0v) is 14.0. The van der Waals surface area contributed by atoms with Crippen molar-refractivity contribution in [3.63, 3.8) is 0 Å². The Hall–Kier alpha value is -2.17. The molecule has 2 aromatic carbocycles. The first-order valence-electron chi connectivity index (χ1n) is 7.87. The summed E-state index contributed by atoms with van der Waals surface area (Å²) in [4.78, 5) is 12.8. The first kappa shape index (κ1) is 17.2. The lowest BCUT2D eigenvalue weighted by Crippen LogP contribution is -2.88. The van der Waals surface area contributed by atoms with E-state index in [4.69, 9.17) is 4.74 Å². The van der Waals surface area contributed by atoms with Gasteiger partial charge in [-0.05, 0) is 31.0 Å². The molecule has 0 saturated heterocycles. The minimum absolute atomic E-state index is 0.0130. The molecule has 0 aromatic heterocycles. The van der Waals surface area contributed by atoms with Gasteiger partial charge in [-0.3, -0.25) is 4.79 Å². The van der Waals surface area contributed by atoms with Crippen molar-refractivity contribution in [3.8, 4) is 0 Å². The van der Waals surface area contributed by atoms with E-state index in [1.807, 2.05) is 67.7 Å². The first-order chi connectivity index (χ1) is 11.1. The predicted octanol–water partition coefficient (Wildman–Crippen LogP) is 2.19. The van der Waals surface area contributed by atoms with Gasteiger partial charge in [-0.25, -0.2) is 0 Å². The Balaban J connectivity index is 2.17. The van der Waals surface area contributed by atoms with Gasteiger partial charge < -0.3 is 15.4 Å². The molecule has 0 aliphatic heterocycles. The standard InChI is InChI=1S/C19H24N2O2/c1-14-9-10-15(2)17(13-14)21-19(22)18(20-11-12-23-3)16-7-5-4-6-8-16/h4-10,13,18,20H,11-12H2,1-3H3,(H,21,22)/p+1/t18-/m0/s1. The van der Waals surface area contributed by atoms with Crippen LogP contribution in [0.1, 0.15) is 22.7 Å². The van der Waals surface area contributed by atoms with Gasteiger partial charge in [0.15, 0.2) is 6.04 Å². The number of aryl methyl sites for hydroxylation is 2. The second-order valence-corrected chi connectivity index (χ2v) is 5.71. The number of hydrogen-bond donors (Lipinski definition) is 2. The van der Waals surface area contributed by atoms with Crippen molar-refractivity contribution < 1.29 is 14.8 Å². The maximum atomic E-state index is 12.8. The van der Waals surface area contributed by atoms with Crippen LogP contribution >= 0.6 is 0 Å². The fourth-order valence-corrected chi connectivity index (χ4v) is 2.49. The Labute approximate surface area is 137 Å². The summed E-state index contributed by atoms with van der Waals surface area (Å²) in [6.45, 7) is 5.37. The van der Waals surface area contributed by atoms with Crippen LogP contribution in [0.15, 0.2) is 48.5 Å². The van der Waals surface area contributed by atoms with Crippen molar-refractivity contribution in [3.05, 3.63) is 65.2 Å². The SMILES string of the molecule is COCC[NH2+][C@H](C(=O)Nc1cc(C)ccc1C)c1ccccc1. The van der Waals surface area contributed by atoms with Gasteiger partial charge in [-0.1, -0.05) is 42.5 Å². The van der Waals surface area contributed by atoms with E-state index in [0.717, 1.165) is 28.9 Å².